The monoisotopic (exact) mass is 234 g/mol. The number of anilines is 1. The number of halogens is 1. The van der Waals surface area contributed by atoms with Crippen LogP contribution in [0.2, 0.25) is 5.15 Å². The van der Waals surface area contributed by atoms with Crippen molar-refractivity contribution in [3.63, 3.8) is 0 Å². The lowest BCUT2D eigenvalue weighted by atomic mass is 10.4. The molecule has 0 bridgehead atoms. The first kappa shape index (κ1) is 9.62. The Morgan fingerprint density at radius 1 is 1.69 bits per heavy atom. The van der Waals surface area contributed by atoms with Crippen molar-refractivity contribution >= 4 is 39.8 Å². The predicted octanol–water partition coefficient (Wildman–Crippen LogP) is 2.74. The van der Waals surface area contributed by atoms with Crippen molar-refractivity contribution in [2.24, 2.45) is 0 Å². The number of hydrogen-bond acceptors (Lipinski definition) is 4. The molecule has 1 aliphatic rings. The molecule has 72 valence electrons. The molecule has 1 unspecified atom stereocenters. The first-order valence-corrected chi connectivity index (χ1v) is 6.54. The first-order valence-electron chi connectivity index (χ1n) is 4.23. The van der Waals surface area contributed by atoms with Crippen molar-refractivity contribution in [2.75, 3.05) is 23.7 Å². The summed E-state index contributed by atoms with van der Waals surface area (Å²) in [7, 11) is 0. The molecule has 1 atom stereocenters. The Balaban J connectivity index is 2.08. The third kappa shape index (κ3) is 2.30. The lowest BCUT2D eigenvalue weighted by Crippen LogP contribution is -2.36. The SMILES string of the molecule is CC1CN(c2nc(Cl)cs2)CCS1. The third-order valence-electron chi connectivity index (χ3n) is 1.98. The van der Waals surface area contributed by atoms with Crippen molar-refractivity contribution in [1.29, 1.82) is 0 Å². The Morgan fingerprint density at radius 2 is 2.54 bits per heavy atom. The van der Waals surface area contributed by atoms with E-state index in [9.17, 15) is 0 Å². The van der Waals surface area contributed by atoms with Crippen molar-refractivity contribution in [2.45, 2.75) is 12.2 Å². The molecule has 1 aromatic heterocycles. The van der Waals surface area contributed by atoms with Crippen LogP contribution in [0.5, 0.6) is 0 Å². The smallest absolute Gasteiger partial charge is 0.186 e. The second-order valence-electron chi connectivity index (χ2n) is 3.08. The summed E-state index contributed by atoms with van der Waals surface area (Å²) in [6.45, 7) is 4.44. The maximum Gasteiger partial charge on any atom is 0.186 e. The van der Waals surface area contributed by atoms with Crippen LogP contribution in [0.4, 0.5) is 5.13 Å². The van der Waals surface area contributed by atoms with Gasteiger partial charge in [0.15, 0.2) is 5.13 Å². The van der Waals surface area contributed by atoms with Crippen LogP contribution < -0.4 is 4.90 Å². The standard InChI is InChI=1S/C8H11ClN2S2/c1-6-4-11(2-3-12-6)8-10-7(9)5-13-8/h5-6H,2-4H2,1H3. The van der Waals surface area contributed by atoms with Gasteiger partial charge in [0, 0.05) is 29.5 Å². The van der Waals surface area contributed by atoms with Crippen molar-refractivity contribution in [1.82, 2.24) is 4.98 Å². The minimum absolute atomic E-state index is 0.617. The van der Waals surface area contributed by atoms with Gasteiger partial charge in [-0.15, -0.1) is 11.3 Å². The number of nitrogens with zero attached hydrogens (tertiary/aromatic N) is 2. The van der Waals surface area contributed by atoms with E-state index in [0.717, 1.165) is 18.2 Å². The van der Waals surface area contributed by atoms with E-state index in [2.05, 4.69) is 16.8 Å². The topological polar surface area (TPSA) is 16.1 Å². The van der Waals surface area contributed by atoms with Crippen LogP contribution in [0, 0.1) is 0 Å². The zero-order chi connectivity index (χ0) is 9.26. The zero-order valence-corrected chi connectivity index (χ0v) is 9.75. The van der Waals surface area contributed by atoms with Crippen LogP contribution in [0.3, 0.4) is 0 Å². The van der Waals surface area contributed by atoms with Gasteiger partial charge in [0.2, 0.25) is 0 Å². The summed E-state index contributed by atoms with van der Waals surface area (Å²) >= 11 is 9.44. The molecule has 0 radical (unpaired) electrons. The molecule has 0 aromatic carbocycles. The fraction of sp³-hybridized carbons (Fsp3) is 0.625. The second kappa shape index (κ2) is 4.07. The lowest BCUT2D eigenvalue weighted by molar-refractivity contribution is 0.779. The van der Waals surface area contributed by atoms with Crippen LogP contribution >= 0.6 is 34.7 Å². The van der Waals surface area contributed by atoms with Gasteiger partial charge in [-0.1, -0.05) is 18.5 Å². The van der Waals surface area contributed by atoms with Gasteiger partial charge in [0.1, 0.15) is 5.15 Å². The summed E-state index contributed by atoms with van der Waals surface area (Å²) in [5.74, 6) is 1.19. The molecule has 2 nitrogen and oxygen atoms in total. The molecule has 1 saturated heterocycles. The first-order chi connectivity index (χ1) is 6.25. The van der Waals surface area contributed by atoms with Crippen LogP contribution in [0.1, 0.15) is 6.92 Å². The molecule has 1 aromatic rings. The summed E-state index contributed by atoms with van der Waals surface area (Å²) in [5, 5.41) is 4.28. The maximum absolute atomic E-state index is 5.78. The molecule has 0 saturated carbocycles. The van der Waals surface area contributed by atoms with E-state index in [-0.39, 0.29) is 0 Å². The maximum atomic E-state index is 5.78. The molecule has 1 fully saturated rings. The van der Waals surface area contributed by atoms with E-state index in [1.807, 2.05) is 17.1 Å². The van der Waals surface area contributed by atoms with Crippen LogP contribution in [0.25, 0.3) is 0 Å². The highest BCUT2D eigenvalue weighted by Crippen LogP contribution is 2.27. The van der Waals surface area contributed by atoms with Crippen LogP contribution in [0.15, 0.2) is 5.38 Å². The molecular weight excluding hydrogens is 224 g/mol. The van der Waals surface area contributed by atoms with Gasteiger partial charge in [0.05, 0.1) is 0 Å². The second-order valence-corrected chi connectivity index (χ2v) is 5.85. The molecule has 0 aliphatic carbocycles. The Hall–Kier alpha value is 0.0700. The van der Waals surface area contributed by atoms with Gasteiger partial charge in [-0.2, -0.15) is 11.8 Å². The number of thioether (sulfide) groups is 1. The van der Waals surface area contributed by atoms with Gasteiger partial charge in [-0.05, 0) is 0 Å². The quantitative estimate of drug-likeness (QED) is 0.744. The molecule has 0 N–H and O–H groups in total. The molecule has 2 heterocycles. The summed E-state index contributed by atoms with van der Waals surface area (Å²) in [6, 6.07) is 0. The third-order valence-corrected chi connectivity index (χ3v) is 4.34. The van der Waals surface area contributed by atoms with Gasteiger partial charge < -0.3 is 4.90 Å². The average Bonchev–Trinajstić information content (AvgIpc) is 2.52. The Kier molecular flexibility index (Phi) is 3.01. The van der Waals surface area contributed by atoms with Crippen LogP contribution in [-0.4, -0.2) is 29.1 Å². The van der Waals surface area contributed by atoms with Gasteiger partial charge in [-0.3, -0.25) is 0 Å². The number of hydrogen-bond donors (Lipinski definition) is 0. The molecule has 13 heavy (non-hydrogen) atoms. The van der Waals surface area contributed by atoms with E-state index in [1.165, 1.54) is 5.75 Å². The van der Waals surface area contributed by atoms with Crippen molar-refractivity contribution in [3.05, 3.63) is 10.5 Å². The minimum Gasteiger partial charge on any atom is -0.346 e. The van der Waals surface area contributed by atoms with Gasteiger partial charge in [-0.25, -0.2) is 4.98 Å². The summed E-state index contributed by atoms with van der Waals surface area (Å²) in [6.07, 6.45) is 0. The Bertz CT molecular complexity index is 289. The van der Waals surface area contributed by atoms with Crippen molar-refractivity contribution in [3.8, 4) is 0 Å². The Morgan fingerprint density at radius 3 is 3.15 bits per heavy atom. The van der Waals surface area contributed by atoms with E-state index in [0.29, 0.717) is 10.4 Å². The molecule has 1 aliphatic heterocycles. The molecule has 0 amide bonds. The number of thiazole rings is 1. The molecular formula is C8H11ClN2S2. The van der Waals surface area contributed by atoms with Crippen molar-refractivity contribution < 1.29 is 0 Å². The van der Waals surface area contributed by atoms with E-state index in [1.54, 1.807) is 11.3 Å². The van der Waals surface area contributed by atoms with E-state index < -0.39 is 0 Å². The van der Waals surface area contributed by atoms with E-state index >= 15 is 0 Å². The largest absolute Gasteiger partial charge is 0.346 e. The highest BCUT2D eigenvalue weighted by Gasteiger charge is 2.18. The Labute approximate surface area is 91.3 Å². The zero-order valence-electron chi connectivity index (χ0n) is 7.36. The fourth-order valence-corrected chi connectivity index (χ4v) is 3.38. The van der Waals surface area contributed by atoms with Gasteiger partial charge in [0.25, 0.3) is 0 Å². The normalized spacial score (nSPS) is 23.5. The van der Waals surface area contributed by atoms with E-state index in [4.69, 9.17) is 11.6 Å². The van der Waals surface area contributed by atoms with Gasteiger partial charge >= 0.3 is 0 Å². The fourth-order valence-electron chi connectivity index (χ4n) is 1.38. The average molecular weight is 235 g/mol. The minimum atomic E-state index is 0.617. The number of aromatic nitrogens is 1. The number of rotatable bonds is 1. The molecule has 0 spiro atoms. The highest BCUT2D eigenvalue weighted by molar-refractivity contribution is 8.00. The summed E-state index contributed by atoms with van der Waals surface area (Å²) in [4.78, 5) is 6.59. The molecule has 5 heteroatoms. The summed E-state index contributed by atoms with van der Waals surface area (Å²) < 4.78 is 0. The summed E-state index contributed by atoms with van der Waals surface area (Å²) in [5.41, 5.74) is 0. The lowest BCUT2D eigenvalue weighted by Gasteiger charge is -2.30. The molecule has 2 rings (SSSR count). The predicted molar refractivity (Wildman–Crippen MR) is 61.3 cm³/mol. The highest BCUT2D eigenvalue weighted by atomic mass is 35.5. The van der Waals surface area contributed by atoms with Crippen LogP contribution in [-0.2, 0) is 0 Å².